The van der Waals surface area contributed by atoms with Crippen LogP contribution in [-0.2, 0) is 4.74 Å². The summed E-state index contributed by atoms with van der Waals surface area (Å²) in [5, 5.41) is 19.1. The molecule has 9 heteroatoms. The van der Waals surface area contributed by atoms with Crippen LogP contribution in [0.4, 0.5) is 0 Å². The third kappa shape index (κ3) is 5.07. The van der Waals surface area contributed by atoms with Crippen molar-refractivity contribution in [1.29, 1.82) is 0 Å². The zero-order valence-corrected chi connectivity index (χ0v) is 17.7. The Morgan fingerprint density at radius 2 is 2.13 bits per heavy atom. The van der Waals surface area contributed by atoms with E-state index in [0.29, 0.717) is 12.5 Å². The van der Waals surface area contributed by atoms with E-state index in [1.807, 2.05) is 25.4 Å². The summed E-state index contributed by atoms with van der Waals surface area (Å²) >= 11 is 0. The van der Waals surface area contributed by atoms with Crippen molar-refractivity contribution < 1.29 is 19.3 Å². The van der Waals surface area contributed by atoms with E-state index in [9.17, 15) is 0 Å². The molecule has 4 heterocycles. The maximum atomic E-state index is 8.82. The van der Waals surface area contributed by atoms with Crippen LogP contribution >= 0.6 is 0 Å². The minimum atomic E-state index is -0.653. The molecule has 1 saturated heterocycles. The summed E-state index contributed by atoms with van der Waals surface area (Å²) in [7, 11) is 0. The van der Waals surface area contributed by atoms with Crippen molar-refractivity contribution in [2.75, 3.05) is 32.9 Å². The Labute approximate surface area is 181 Å². The van der Waals surface area contributed by atoms with Gasteiger partial charge in [-0.3, -0.25) is 10.00 Å². The van der Waals surface area contributed by atoms with Crippen LogP contribution < -0.4 is 14.8 Å². The zero-order chi connectivity index (χ0) is 21.5. The SMILES string of the molecule is CCOC1(N2CCC(Oc3ccc(OCCO)nc3)CC2)C=CC(c2cn[nH]c2)=CN1. The summed E-state index contributed by atoms with van der Waals surface area (Å²) in [6.07, 6.45) is 13.3. The molecule has 4 rings (SSSR count). The molecule has 2 aliphatic rings. The van der Waals surface area contributed by atoms with Gasteiger partial charge in [-0.2, -0.15) is 5.10 Å². The third-order valence-corrected chi connectivity index (χ3v) is 5.38. The average molecular weight is 428 g/mol. The molecule has 0 radical (unpaired) electrons. The van der Waals surface area contributed by atoms with Gasteiger partial charge in [0.15, 0.2) is 0 Å². The molecule has 1 unspecified atom stereocenters. The number of dihydropyridines is 1. The van der Waals surface area contributed by atoms with Crippen LogP contribution in [0.5, 0.6) is 11.6 Å². The van der Waals surface area contributed by atoms with Crippen LogP contribution in [-0.4, -0.2) is 70.1 Å². The summed E-state index contributed by atoms with van der Waals surface area (Å²) in [4.78, 5) is 6.52. The fourth-order valence-electron chi connectivity index (χ4n) is 3.84. The number of aliphatic hydroxyl groups excluding tert-OH is 1. The smallest absolute Gasteiger partial charge is 0.218 e. The molecular formula is C22H29N5O4. The molecule has 2 aliphatic heterocycles. The molecule has 0 aromatic carbocycles. The number of likely N-dealkylation sites (tertiary alicyclic amines) is 1. The summed E-state index contributed by atoms with van der Waals surface area (Å²) in [6.45, 7) is 4.47. The first-order valence-corrected chi connectivity index (χ1v) is 10.6. The van der Waals surface area contributed by atoms with Crippen LogP contribution in [0.1, 0.15) is 25.3 Å². The van der Waals surface area contributed by atoms with Gasteiger partial charge in [0.2, 0.25) is 11.7 Å². The van der Waals surface area contributed by atoms with Gasteiger partial charge in [-0.1, -0.05) is 6.08 Å². The number of nitrogens with zero attached hydrogens (tertiary/aromatic N) is 3. The van der Waals surface area contributed by atoms with Gasteiger partial charge in [0.05, 0.1) is 19.0 Å². The van der Waals surface area contributed by atoms with Crippen LogP contribution in [0.25, 0.3) is 5.57 Å². The number of aromatic nitrogens is 3. The predicted molar refractivity (Wildman–Crippen MR) is 115 cm³/mol. The first-order chi connectivity index (χ1) is 15.2. The number of hydrogen-bond donors (Lipinski definition) is 3. The molecule has 0 saturated carbocycles. The number of allylic oxidation sites excluding steroid dienone is 2. The van der Waals surface area contributed by atoms with Gasteiger partial charge in [0.1, 0.15) is 18.5 Å². The highest BCUT2D eigenvalue weighted by atomic mass is 16.5. The number of aliphatic hydroxyl groups is 1. The van der Waals surface area contributed by atoms with E-state index in [4.69, 9.17) is 19.3 Å². The Balaban J connectivity index is 1.33. The molecule has 0 spiro atoms. The van der Waals surface area contributed by atoms with E-state index in [1.165, 1.54) is 0 Å². The van der Waals surface area contributed by atoms with Gasteiger partial charge in [-0.15, -0.1) is 0 Å². The van der Waals surface area contributed by atoms with Gasteiger partial charge in [-0.25, -0.2) is 4.98 Å². The van der Waals surface area contributed by atoms with Crippen LogP contribution in [0.2, 0.25) is 0 Å². The molecule has 0 aliphatic carbocycles. The number of hydrogen-bond acceptors (Lipinski definition) is 8. The van der Waals surface area contributed by atoms with Crippen LogP contribution in [0.15, 0.2) is 49.1 Å². The Morgan fingerprint density at radius 3 is 2.74 bits per heavy atom. The molecule has 2 aromatic rings. The lowest BCUT2D eigenvalue weighted by Crippen LogP contribution is -2.61. The molecule has 1 fully saturated rings. The molecule has 3 N–H and O–H groups in total. The molecule has 31 heavy (non-hydrogen) atoms. The minimum Gasteiger partial charge on any atom is -0.489 e. The molecular weight excluding hydrogens is 398 g/mol. The van der Waals surface area contributed by atoms with Crippen molar-refractivity contribution >= 4 is 5.57 Å². The second-order valence-corrected chi connectivity index (χ2v) is 7.40. The minimum absolute atomic E-state index is 0.0355. The average Bonchev–Trinajstić information content (AvgIpc) is 3.35. The quantitative estimate of drug-likeness (QED) is 0.558. The van der Waals surface area contributed by atoms with Gasteiger partial charge in [0.25, 0.3) is 0 Å². The second-order valence-electron chi connectivity index (χ2n) is 7.40. The van der Waals surface area contributed by atoms with E-state index >= 15 is 0 Å². The first kappa shape index (κ1) is 21.4. The van der Waals surface area contributed by atoms with Gasteiger partial charge >= 0.3 is 0 Å². The van der Waals surface area contributed by atoms with Crippen molar-refractivity contribution in [2.24, 2.45) is 0 Å². The molecule has 2 aromatic heterocycles. The van der Waals surface area contributed by atoms with Crippen LogP contribution in [0.3, 0.4) is 0 Å². The molecule has 9 nitrogen and oxygen atoms in total. The summed E-state index contributed by atoms with van der Waals surface area (Å²) < 4.78 is 17.6. The lowest BCUT2D eigenvalue weighted by atomic mass is 10.0. The van der Waals surface area contributed by atoms with Gasteiger partial charge in [-0.05, 0) is 31.9 Å². The summed E-state index contributed by atoms with van der Waals surface area (Å²) in [5.74, 6) is 0.547. The fourth-order valence-corrected chi connectivity index (χ4v) is 3.84. The zero-order valence-electron chi connectivity index (χ0n) is 17.7. The van der Waals surface area contributed by atoms with E-state index in [0.717, 1.165) is 42.8 Å². The van der Waals surface area contributed by atoms with Crippen molar-refractivity contribution in [3.63, 3.8) is 0 Å². The Hall–Kier alpha value is -2.88. The number of piperidine rings is 1. The van der Waals surface area contributed by atoms with E-state index < -0.39 is 5.85 Å². The highest BCUT2D eigenvalue weighted by Crippen LogP contribution is 2.29. The van der Waals surface area contributed by atoms with E-state index in [-0.39, 0.29) is 19.3 Å². The number of rotatable bonds is 9. The topological polar surface area (TPSA) is 105 Å². The standard InChI is InChI=1S/C22H29N5O4/c1-2-30-22(8-5-17(13-24-22)18-14-25-26-15-18)27-9-6-19(7-10-27)31-20-3-4-21(23-16-20)29-12-11-28/h3-5,8,13-16,19,24,28H,2,6-7,9-12H2,1H3,(H,25,26). The number of nitrogens with one attached hydrogen (secondary N) is 2. The van der Waals surface area contributed by atoms with Crippen LogP contribution in [0, 0.1) is 0 Å². The molecule has 166 valence electrons. The largest absolute Gasteiger partial charge is 0.489 e. The number of H-pyrrole nitrogens is 1. The number of ether oxygens (including phenoxy) is 3. The van der Waals surface area contributed by atoms with Crippen molar-refractivity contribution in [1.82, 2.24) is 25.4 Å². The Morgan fingerprint density at radius 1 is 1.26 bits per heavy atom. The fraction of sp³-hybridized carbons (Fsp3) is 0.455. The summed E-state index contributed by atoms with van der Waals surface area (Å²) in [5.41, 5.74) is 2.09. The molecule has 0 amide bonds. The highest BCUT2D eigenvalue weighted by molar-refractivity contribution is 5.74. The first-order valence-electron chi connectivity index (χ1n) is 10.6. The van der Waals surface area contributed by atoms with E-state index in [2.05, 4.69) is 37.6 Å². The van der Waals surface area contributed by atoms with Gasteiger partial charge in [0, 0.05) is 49.3 Å². The normalized spacial score (nSPS) is 22.1. The van der Waals surface area contributed by atoms with E-state index in [1.54, 1.807) is 18.5 Å². The highest BCUT2D eigenvalue weighted by Gasteiger charge is 2.38. The van der Waals surface area contributed by atoms with Crippen molar-refractivity contribution in [3.8, 4) is 11.6 Å². The molecule has 1 atom stereocenters. The lowest BCUT2D eigenvalue weighted by molar-refractivity contribution is -0.145. The lowest BCUT2D eigenvalue weighted by Gasteiger charge is -2.45. The van der Waals surface area contributed by atoms with Crippen molar-refractivity contribution in [2.45, 2.75) is 31.7 Å². The number of aromatic amines is 1. The maximum Gasteiger partial charge on any atom is 0.218 e. The van der Waals surface area contributed by atoms with Crippen molar-refractivity contribution in [3.05, 3.63) is 54.6 Å². The predicted octanol–water partition coefficient (Wildman–Crippen LogP) is 1.91. The monoisotopic (exact) mass is 427 g/mol. The Kier molecular flexibility index (Phi) is 6.86. The maximum absolute atomic E-state index is 8.82. The number of pyridine rings is 1. The molecule has 0 bridgehead atoms. The third-order valence-electron chi connectivity index (χ3n) is 5.38. The summed E-state index contributed by atoms with van der Waals surface area (Å²) in [6, 6.07) is 3.60. The Bertz CT molecular complexity index is 876. The van der Waals surface area contributed by atoms with Gasteiger partial charge < -0.3 is 24.6 Å². The second kappa shape index (κ2) is 9.95.